The van der Waals surface area contributed by atoms with E-state index in [2.05, 4.69) is 30.4 Å². The van der Waals surface area contributed by atoms with Crippen molar-refractivity contribution in [3.05, 3.63) is 36.4 Å². The highest BCUT2D eigenvalue weighted by Crippen LogP contribution is 2.32. The first kappa shape index (κ1) is 17.1. The first-order valence-electron chi connectivity index (χ1n) is 9.70. The summed E-state index contributed by atoms with van der Waals surface area (Å²) in [5.41, 5.74) is 3.01. The van der Waals surface area contributed by atoms with Crippen molar-refractivity contribution in [1.82, 2.24) is 29.5 Å². The molecule has 5 rings (SSSR count). The number of imidazole rings is 1. The molecular weight excluding hydrogens is 357 g/mol. The van der Waals surface area contributed by atoms with E-state index in [4.69, 9.17) is 0 Å². The molecule has 0 atom stereocenters. The van der Waals surface area contributed by atoms with Gasteiger partial charge in [-0.25, -0.2) is 18.9 Å². The topological polar surface area (TPSA) is 83.8 Å². The number of aromatic amines is 1. The standard InChI is InChI=1S/C20H22FN7/c1-13-11-28-17(25-13)6-5-16(27-28)14-9-22-18-15(14)10-23-19(26-18)24-12-20(21)7-3-2-4-8-20/h5-6,9-11H,2-4,7-8,12H2,1H3,(H2,22,23,24,26). The number of rotatable bonds is 4. The van der Waals surface area contributed by atoms with Gasteiger partial charge in [0.1, 0.15) is 11.3 Å². The van der Waals surface area contributed by atoms with Crippen LogP contribution >= 0.6 is 0 Å². The van der Waals surface area contributed by atoms with E-state index in [9.17, 15) is 4.39 Å². The summed E-state index contributed by atoms with van der Waals surface area (Å²) in [6, 6.07) is 3.88. The lowest BCUT2D eigenvalue weighted by atomic mass is 9.86. The minimum absolute atomic E-state index is 0.254. The summed E-state index contributed by atoms with van der Waals surface area (Å²) >= 11 is 0. The van der Waals surface area contributed by atoms with Gasteiger partial charge in [-0.1, -0.05) is 19.3 Å². The highest BCUT2D eigenvalue weighted by molar-refractivity contribution is 5.92. The molecule has 1 fully saturated rings. The lowest BCUT2D eigenvalue weighted by Gasteiger charge is -2.29. The van der Waals surface area contributed by atoms with E-state index in [1.165, 1.54) is 0 Å². The van der Waals surface area contributed by atoms with E-state index < -0.39 is 5.67 Å². The van der Waals surface area contributed by atoms with Crippen LogP contribution in [0, 0.1) is 6.92 Å². The summed E-state index contributed by atoms with van der Waals surface area (Å²) in [6.45, 7) is 2.20. The summed E-state index contributed by atoms with van der Waals surface area (Å²) < 4.78 is 16.6. The smallest absolute Gasteiger partial charge is 0.224 e. The van der Waals surface area contributed by atoms with Gasteiger partial charge in [-0.3, -0.25) is 0 Å². The number of nitrogens with zero attached hydrogens (tertiary/aromatic N) is 5. The van der Waals surface area contributed by atoms with Crippen LogP contribution in [-0.2, 0) is 0 Å². The SMILES string of the molecule is Cc1cn2nc(-c3c[nH]c4nc(NCC5(F)CCCCC5)ncc34)ccc2n1. The number of fused-ring (bicyclic) bond motifs is 2. The van der Waals surface area contributed by atoms with E-state index in [0.29, 0.717) is 24.4 Å². The number of nitrogens with one attached hydrogen (secondary N) is 2. The lowest BCUT2D eigenvalue weighted by molar-refractivity contribution is 0.122. The van der Waals surface area contributed by atoms with Crippen LogP contribution in [0.4, 0.5) is 10.3 Å². The van der Waals surface area contributed by atoms with Crippen LogP contribution in [0.1, 0.15) is 37.8 Å². The van der Waals surface area contributed by atoms with Crippen LogP contribution in [0.3, 0.4) is 0 Å². The fourth-order valence-corrected chi connectivity index (χ4v) is 3.95. The first-order valence-corrected chi connectivity index (χ1v) is 9.70. The Morgan fingerprint density at radius 2 is 2.07 bits per heavy atom. The second kappa shape index (κ2) is 6.54. The molecule has 4 aromatic heterocycles. The van der Waals surface area contributed by atoms with E-state index in [-0.39, 0.29) is 6.54 Å². The quantitative estimate of drug-likeness (QED) is 0.559. The Kier molecular flexibility index (Phi) is 3.99. The number of aromatic nitrogens is 6. The predicted molar refractivity (Wildman–Crippen MR) is 106 cm³/mol. The second-order valence-corrected chi connectivity index (χ2v) is 7.63. The summed E-state index contributed by atoms with van der Waals surface area (Å²) in [5, 5.41) is 8.59. The van der Waals surface area contributed by atoms with Gasteiger partial charge in [-0.2, -0.15) is 10.1 Å². The van der Waals surface area contributed by atoms with Gasteiger partial charge in [0.05, 0.1) is 24.1 Å². The Labute approximate surface area is 161 Å². The Balaban J connectivity index is 1.41. The fourth-order valence-electron chi connectivity index (χ4n) is 3.95. The Morgan fingerprint density at radius 3 is 2.93 bits per heavy atom. The minimum Gasteiger partial charge on any atom is -0.351 e. The lowest BCUT2D eigenvalue weighted by Crippen LogP contribution is -2.34. The number of H-pyrrole nitrogens is 1. The van der Waals surface area contributed by atoms with Gasteiger partial charge in [0.25, 0.3) is 0 Å². The zero-order valence-corrected chi connectivity index (χ0v) is 15.7. The number of alkyl halides is 1. The Hall–Kier alpha value is -3.03. The maximum atomic E-state index is 14.8. The van der Waals surface area contributed by atoms with Crippen molar-refractivity contribution >= 4 is 22.6 Å². The van der Waals surface area contributed by atoms with Gasteiger partial charge >= 0.3 is 0 Å². The number of anilines is 1. The molecule has 0 spiro atoms. The fraction of sp³-hybridized carbons (Fsp3) is 0.400. The summed E-state index contributed by atoms with van der Waals surface area (Å²) in [7, 11) is 0. The van der Waals surface area contributed by atoms with Gasteiger partial charge in [-0.15, -0.1) is 0 Å². The van der Waals surface area contributed by atoms with Crippen molar-refractivity contribution in [1.29, 1.82) is 0 Å². The summed E-state index contributed by atoms with van der Waals surface area (Å²) in [6.07, 6.45) is 9.76. The molecular formula is C20H22FN7. The van der Waals surface area contributed by atoms with Gasteiger partial charge in [0.15, 0.2) is 5.65 Å². The molecule has 1 saturated carbocycles. The molecule has 0 radical (unpaired) electrons. The molecule has 1 aliphatic carbocycles. The third-order valence-corrected chi connectivity index (χ3v) is 5.46. The van der Waals surface area contributed by atoms with Crippen molar-refractivity contribution in [3.63, 3.8) is 0 Å². The second-order valence-electron chi connectivity index (χ2n) is 7.63. The van der Waals surface area contributed by atoms with E-state index in [0.717, 1.165) is 47.2 Å². The Bertz CT molecular complexity index is 1140. The molecule has 0 amide bonds. The van der Waals surface area contributed by atoms with E-state index in [1.807, 2.05) is 31.5 Å². The third kappa shape index (κ3) is 3.08. The molecule has 0 aliphatic heterocycles. The molecule has 8 heteroatoms. The van der Waals surface area contributed by atoms with Crippen molar-refractivity contribution in [2.24, 2.45) is 0 Å². The van der Waals surface area contributed by atoms with Crippen molar-refractivity contribution in [2.45, 2.75) is 44.7 Å². The van der Waals surface area contributed by atoms with E-state index >= 15 is 0 Å². The minimum atomic E-state index is -1.15. The molecule has 7 nitrogen and oxygen atoms in total. The predicted octanol–water partition coefficient (Wildman–Crippen LogP) is 4.06. The van der Waals surface area contributed by atoms with Crippen LogP contribution in [0.25, 0.3) is 27.9 Å². The average molecular weight is 379 g/mol. The van der Waals surface area contributed by atoms with Crippen LogP contribution in [0.15, 0.2) is 30.7 Å². The molecule has 28 heavy (non-hydrogen) atoms. The average Bonchev–Trinajstić information content (AvgIpc) is 3.28. The molecule has 0 bridgehead atoms. The third-order valence-electron chi connectivity index (χ3n) is 5.46. The zero-order valence-electron chi connectivity index (χ0n) is 15.7. The van der Waals surface area contributed by atoms with Crippen molar-refractivity contribution in [2.75, 3.05) is 11.9 Å². The maximum absolute atomic E-state index is 14.8. The Morgan fingerprint density at radius 1 is 1.21 bits per heavy atom. The monoisotopic (exact) mass is 379 g/mol. The number of aryl methyl sites for hydroxylation is 1. The van der Waals surface area contributed by atoms with Gasteiger partial charge in [-0.05, 0) is 31.9 Å². The molecule has 1 aliphatic rings. The molecule has 2 N–H and O–H groups in total. The summed E-state index contributed by atoms with van der Waals surface area (Å²) in [5.74, 6) is 0.442. The van der Waals surface area contributed by atoms with E-state index in [1.54, 1.807) is 10.7 Å². The molecule has 0 unspecified atom stereocenters. The molecule has 0 saturated heterocycles. The number of halogens is 1. The van der Waals surface area contributed by atoms with Crippen molar-refractivity contribution in [3.8, 4) is 11.3 Å². The highest BCUT2D eigenvalue weighted by atomic mass is 19.1. The van der Waals surface area contributed by atoms with Crippen LogP contribution < -0.4 is 5.32 Å². The number of hydrogen-bond donors (Lipinski definition) is 2. The van der Waals surface area contributed by atoms with Crippen LogP contribution in [0.2, 0.25) is 0 Å². The highest BCUT2D eigenvalue weighted by Gasteiger charge is 2.31. The maximum Gasteiger partial charge on any atom is 0.224 e. The van der Waals surface area contributed by atoms with Gasteiger partial charge < -0.3 is 10.3 Å². The largest absolute Gasteiger partial charge is 0.351 e. The van der Waals surface area contributed by atoms with Crippen LogP contribution in [-0.4, -0.2) is 41.8 Å². The van der Waals surface area contributed by atoms with Gasteiger partial charge in [0, 0.05) is 23.3 Å². The molecule has 0 aromatic carbocycles. The van der Waals surface area contributed by atoms with Crippen molar-refractivity contribution < 1.29 is 4.39 Å². The zero-order chi connectivity index (χ0) is 19.1. The first-order chi connectivity index (χ1) is 13.6. The number of hydrogen-bond acceptors (Lipinski definition) is 5. The summed E-state index contributed by atoms with van der Waals surface area (Å²) in [4.78, 5) is 16.5. The normalized spacial score (nSPS) is 16.6. The van der Waals surface area contributed by atoms with Crippen LogP contribution in [0.5, 0.6) is 0 Å². The molecule has 144 valence electrons. The van der Waals surface area contributed by atoms with Gasteiger partial charge in [0.2, 0.25) is 5.95 Å². The molecule has 4 aromatic rings. The molecule has 4 heterocycles.